The molecule has 2 aromatic rings. The Morgan fingerprint density at radius 1 is 1.60 bits per heavy atom. The fourth-order valence-electron chi connectivity index (χ4n) is 1.01. The summed E-state index contributed by atoms with van der Waals surface area (Å²) in [6.07, 6.45) is 0. The number of ketones is 1. The molecule has 0 spiro atoms. The summed E-state index contributed by atoms with van der Waals surface area (Å²) in [4.78, 5) is 15.4. The van der Waals surface area contributed by atoms with Crippen LogP contribution in [0.1, 0.15) is 10.5 Å². The van der Waals surface area contributed by atoms with Crippen LogP contribution in [0.25, 0.3) is 10.8 Å². The quantitative estimate of drug-likeness (QED) is 0.643. The van der Waals surface area contributed by atoms with Gasteiger partial charge in [-0.15, -0.1) is 22.9 Å². The predicted octanol–water partition coefficient (Wildman–Crippen LogP) is 3.59. The lowest BCUT2D eigenvalue weighted by atomic mass is 10.3. The fraction of sp³-hybridized carbons (Fsp3) is 0.111. The van der Waals surface area contributed by atoms with Crippen LogP contribution in [0.15, 0.2) is 26.6 Å². The molecule has 0 aliphatic rings. The van der Waals surface area contributed by atoms with Gasteiger partial charge in [0.15, 0.2) is 21.2 Å². The van der Waals surface area contributed by atoms with E-state index in [0.29, 0.717) is 21.1 Å². The Kier molecular flexibility index (Phi) is 3.23. The zero-order valence-corrected chi connectivity index (χ0v) is 10.5. The molecule has 15 heavy (non-hydrogen) atoms. The molecule has 0 N–H and O–H groups in total. The highest BCUT2D eigenvalue weighted by Crippen LogP contribution is 2.27. The monoisotopic (exact) mass is 305 g/mol. The summed E-state index contributed by atoms with van der Waals surface area (Å²) in [6, 6.07) is 3.57. The molecule has 0 aromatic carbocycles. The second-order valence-electron chi connectivity index (χ2n) is 2.70. The molecule has 0 atom stereocenters. The second-order valence-corrected chi connectivity index (χ2v) is 4.61. The number of hydrogen-bond acceptors (Lipinski definition) is 4. The first-order valence-corrected chi connectivity index (χ1v) is 6.22. The van der Waals surface area contributed by atoms with Gasteiger partial charge in [-0.1, -0.05) is 0 Å². The average Bonchev–Trinajstić information content (AvgIpc) is 2.84. The van der Waals surface area contributed by atoms with Gasteiger partial charge in [0.25, 0.3) is 0 Å². The molecule has 6 heteroatoms. The van der Waals surface area contributed by atoms with Crippen molar-refractivity contribution < 1.29 is 9.21 Å². The lowest BCUT2D eigenvalue weighted by Crippen LogP contribution is -1.99. The number of nitrogens with zero attached hydrogens (tertiary/aromatic N) is 1. The number of alkyl halides is 1. The second kappa shape index (κ2) is 4.47. The van der Waals surface area contributed by atoms with Crippen LogP contribution in [-0.2, 0) is 0 Å². The summed E-state index contributed by atoms with van der Waals surface area (Å²) in [6.45, 7) is 0. The SMILES string of the molecule is O=C(CCl)c1csc(-c2ccc(Br)o2)n1. The molecule has 0 saturated carbocycles. The van der Waals surface area contributed by atoms with Gasteiger partial charge >= 0.3 is 0 Å². The third-order valence-corrected chi connectivity index (χ3v) is 3.22. The van der Waals surface area contributed by atoms with Crippen molar-refractivity contribution in [2.45, 2.75) is 0 Å². The van der Waals surface area contributed by atoms with Gasteiger partial charge in [0, 0.05) is 5.38 Å². The highest BCUT2D eigenvalue weighted by atomic mass is 79.9. The van der Waals surface area contributed by atoms with Crippen LogP contribution in [0.2, 0.25) is 0 Å². The maximum absolute atomic E-state index is 11.2. The van der Waals surface area contributed by atoms with Crippen LogP contribution in [0.5, 0.6) is 0 Å². The fourth-order valence-corrected chi connectivity index (χ4v) is 2.24. The predicted molar refractivity (Wildman–Crippen MR) is 62.6 cm³/mol. The Hall–Kier alpha value is -0.650. The van der Waals surface area contributed by atoms with E-state index in [4.69, 9.17) is 16.0 Å². The lowest BCUT2D eigenvalue weighted by Gasteiger charge is -1.88. The Morgan fingerprint density at radius 2 is 2.40 bits per heavy atom. The number of carbonyl (C=O) groups excluding carboxylic acids is 1. The largest absolute Gasteiger partial charge is 0.447 e. The van der Waals surface area contributed by atoms with Gasteiger partial charge in [0.2, 0.25) is 0 Å². The highest BCUT2D eigenvalue weighted by Gasteiger charge is 2.12. The molecule has 2 heterocycles. The summed E-state index contributed by atoms with van der Waals surface area (Å²) in [5.74, 6) is 0.413. The van der Waals surface area contributed by atoms with E-state index >= 15 is 0 Å². The molecule has 0 radical (unpaired) electrons. The van der Waals surface area contributed by atoms with Crippen molar-refractivity contribution in [3.63, 3.8) is 0 Å². The Labute approximate surface area is 103 Å². The molecule has 78 valence electrons. The van der Waals surface area contributed by atoms with E-state index in [-0.39, 0.29) is 11.7 Å². The van der Waals surface area contributed by atoms with Gasteiger partial charge in [-0.2, -0.15) is 0 Å². The number of carbonyl (C=O) groups is 1. The first-order chi connectivity index (χ1) is 7.20. The number of Topliss-reactive ketones (excluding diaryl/α,β-unsaturated/α-hetero) is 1. The third-order valence-electron chi connectivity index (χ3n) is 1.70. The first-order valence-electron chi connectivity index (χ1n) is 4.01. The van der Waals surface area contributed by atoms with Gasteiger partial charge in [0.05, 0.1) is 5.88 Å². The lowest BCUT2D eigenvalue weighted by molar-refractivity contribution is 0.101. The summed E-state index contributed by atoms with van der Waals surface area (Å²) >= 11 is 9.99. The molecule has 0 aliphatic carbocycles. The number of hydrogen-bond donors (Lipinski definition) is 0. The van der Waals surface area contributed by atoms with Crippen LogP contribution in [0, 0.1) is 0 Å². The van der Waals surface area contributed by atoms with Crippen LogP contribution < -0.4 is 0 Å². The van der Waals surface area contributed by atoms with Gasteiger partial charge in [0.1, 0.15) is 5.69 Å². The standard InChI is InChI=1S/C9H5BrClNO2S/c10-8-2-1-7(14-8)9-12-5(4-15-9)6(13)3-11/h1-2,4H,3H2. The Balaban J connectivity index is 2.31. The maximum atomic E-state index is 11.2. The van der Waals surface area contributed by atoms with Crippen LogP contribution in [0.4, 0.5) is 0 Å². The molecule has 2 aromatic heterocycles. The van der Waals surface area contributed by atoms with Gasteiger partial charge in [-0.05, 0) is 28.1 Å². The Bertz CT molecular complexity index is 494. The van der Waals surface area contributed by atoms with Crippen molar-refractivity contribution in [1.82, 2.24) is 4.98 Å². The van der Waals surface area contributed by atoms with Gasteiger partial charge < -0.3 is 4.42 Å². The summed E-state index contributed by atoms with van der Waals surface area (Å²) in [7, 11) is 0. The minimum atomic E-state index is -0.176. The van der Waals surface area contributed by atoms with E-state index in [0.717, 1.165) is 0 Å². The van der Waals surface area contributed by atoms with Crippen molar-refractivity contribution in [2.24, 2.45) is 0 Å². The summed E-state index contributed by atoms with van der Waals surface area (Å²) in [5.41, 5.74) is 0.387. The number of furan rings is 1. The summed E-state index contributed by atoms with van der Waals surface area (Å²) < 4.78 is 5.95. The molecule has 0 saturated heterocycles. The van der Waals surface area contributed by atoms with Crippen molar-refractivity contribution in [2.75, 3.05) is 5.88 Å². The molecule has 2 rings (SSSR count). The van der Waals surface area contributed by atoms with E-state index in [2.05, 4.69) is 20.9 Å². The molecule has 3 nitrogen and oxygen atoms in total. The molecular weight excluding hydrogens is 302 g/mol. The molecule has 0 aliphatic heterocycles. The highest BCUT2D eigenvalue weighted by molar-refractivity contribution is 9.10. The average molecular weight is 307 g/mol. The van der Waals surface area contributed by atoms with E-state index in [1.807, 2.05) is 0 Å². The molecule has 0 amide bonds. The topological polar surface area (TPSA) is 43.1 Å². The number of halogens is 2. The zero-order chi connectivity index (χ0) is 10.8. The van der Waals surface area contributed by atoms with Crippen molar-refractivity contribution in [3.8, 4) is 10.8 Å². The summed E-state index contributed by atoms with van der Waals surface area (Å²) in [5, 5.41) is 2.35. The van der Waals surface area contributed by atoms with Gasteiger partial charge in [-0.3, -0.25) is 4.79 Å². The van der Waals surface area contributed by atoms with Crippen molar-refractivity contribution in [3.05, 3.63) is 27.9 Å². The van der Waals surface area contributed by atoms with E-state index in [1.54, 1.807) is 17.5 Å². The zero-order valence-electron chi connectivity index (χ0n) is 7.37. The third kappa shape index (κ3) is 2.30. The number of aromatic nitrogens is 1. The van der Waals surface area contributed by atoms with E-state index < -0.39 is 0 Å². The van der Waals surface area contributed by atoms with Crippen molar-refractivity contribution in [1.29, 1.82) is 0 Å². The molecular formula is C9H5BrClNO2S. The maximum Gasteiger partial charge on any atom is 0.196 e. The number of rotatable bonds is 3. The van der Waals surface area contributed by atoms with E-state index in [9.17, 15) is 4.79 Å². The van der Waals surface area contributed by atoms with E-state index in [1.165, 1.54) is 11.3 Å². The smallest absolute Gasteiger partial charge is 0.196 e. The van der Waals surface area contributed by atoms with Gasteiger partial charge in [-0.25, -0.2) is 4.98 Å². The first kappa shape index (κ1) is 10.9. The molecule has 0 fully saturated rings. The van der Waals surface area contributed by atoms with Crippen LogP contribution >= 0.6 is 38.9 Å². The molecule has 0 bridgehead atoms. The van der Waals surface area contributed by atoms with Crippen LogP contribution in [-0.4, -0.2) is 16.6 Å². The van der Waals surface area contributed by atoms with Crippen molar-refractivity contribution >= 4 is 44.7 Å². The minimum absolute atomic E-state index is 0.0506. The number of thiazole rings is 1. The normalized spacial score (nSPS) is 10.5. The Morgan fingerprint density at radius 3 is 3.00 bits per heavy atom. The van der Waals surface area contributed by atoms with Crippen LogP contribution in [0.3, 0.4) is 0 Å². The minimum Gasteiger partial charge on any atom is -0.447 e. The molecule has 0 unspecified atom stereocenters.